The van der Waals surface area contributed by atoms with Crippen LogP contribution in [0.1, 0.15) is 23.2 Å². The number of nitrogens with zero attached hydrogens (tertiary/aromatic N) is 2. The van der Waals surface area contributed by atoms with Crippen molar-refractivity contribution in [3.05, 3.63) is 88.7 Å². The summed E-state index contributed by atoms with van der Waals surface area (Å²) in [4.78, 5) is 37.3. The van der Waals surface area contributed by atoms with Gasteiger partial charge in [0.2, 0.25) is 0 Å². The van der Waals surface area contributed by atoms with E-state index in [1.54, 1.807) is 67.6 Å². The molecule has 0 atom stereocenters. The maximum atomic E-state index is 12.9. The molecule has 0 bridgehead atoms. The minimum atomic E-state index is -0.430. The van der Waals surface area contributed by atoms with E-state index in [2.05, 4.69) is 21.0 Å². The Hall–Kier alpha value is -4.40. The van der Waals surface area contributed by atoms with Crippen LogP contribution in [-0.2, 0) is 13.1 Å². The van der Waals surface area contributed by atoms with Crippen LogP contribution in [0.15, 0.2) is 76.1 Å². The second kappa shape index (κ2) is 9.17. The largest absolute Gasteiger partial charge is 0.467 e. The number of rotatable bonds is 6. The molecular weight excluding hydrogens is 410 g/mol. The SMILES string of the molecule is CCn1nc(C(=O)Nc2ccc(NC(=O)NCc3ccco3)cc2)c2ccccc2c1=O. The van der Waals surface area contributed by atoms with Crippen molar-refractivity contribution in [3.8, 4) is 0 Å². The smallest absolute Gasteiger partial charge is 0.319 e. The third-order valence-corrected chi connectivity index (χ3v) is 4.79. The molecule has 2 aromatic carbocycles. The zero-order chi connectivity index (χ0) is 22.5. The predicted molar refractivity (Wildman–Crippen MR) is 121 cm³/mol. The Morgan fingerprint density at radius 1 is 0.938 bits per heavy atom. The molecule has 2 heterocycles. The van der Waals surface area contributed by atoms with E-state index in [1.807, 2.05) is 0 Å². The molecule has 0 saturated carbocycles. The second-order valence-electron chi connectivity index (χ2n) is 6.93. The molecule has 0 unspecified atom stereocenters. The Bertz CT molecular complexity index is 1310. The molecule has 2 aromatic heterocycles. The van der Waals surface area contributed by atoms with Gasteiger partial charge in [0.15, 0.2) is 5.69 Å². The monoisotopic (exact) mass is 431 g/mol. The van der Waals surface area contributed by atoms with Crippen LogP contribution in [0, 0.1) is 0 Å². The van der Waals surface area contributed by atoms with Crippen molar-refractivity contribution < 1.29 is 14.0 Å². The average Bonchev–Trinajstić information content (AvgIpc) is 3.33. The number of carbonyl (C=O) groups is 2. The number of furan rings is 1. The topological polar surface area (TPSA) is 118 Å². The van der Waals surface area contributed by atoms with Crippen molar-refractivity contribution in [3.63, 3.8) is 0 Å². The summed E-state index contributed by atoms with van der Waals surface area (Å²) in [7, 11) is 0. The van der Waals surface area contributed by atoms with Crippen LogP contribution in [0.5, 0.6) is 0 Å². The van der Waals surface area contributed by atoms with Crippen molar-refractivity contribution >= 4 is 34.1 Å². The highest BCUT2D eigenvalue weighted by atomic mass is 16.3. The molecule has 3 N–H and O–H groups in total. The summed E-state index contributed by atoms with van der Waals surface area (Å²) in [6.45, 7) is 2.42. The Morgan fingerprint density at radius 2 is 1.62 bits per heavy atom. The van der Waals surface area contributed by atoms with E-state index in [0.717, 1.165) is 0 Å². The number of carbonyl (C=O) groups excluding carboxylic acids is 2. The van der Waals surface area contributed by atoms with E-state index in [-0.39, 0.29) is 23.8 Å². The average molecular weight is 431 g/mol. The first-order valence-electron chi connectivity index (χ1n) is 10.0. The van der Waals surface area contributed by atoms with Gasteiger partial charge in [-0.05, 0) is 49.4 Å². The predicted octanol–water partition coefficient (Wildman–Crippen LogP) is 3.58. The lowest BCUT2D eigenvalue weighted by Crippen LogP contribution is -2.28. The van der Waals surface area contributed by atoms with Crippen LogP contribution in [0.25, 0.3) is 10.8 Å². The fourth-order valence-electron chi connectivity index (χ4n) is 3.20. The van der Waals surface area contributed by atoms with E-state index >= 15 is 0 Å². The first-order chi connectivity index (χ1) is 15.5. The summed E-state index contributed by atoms with van der Waals surface area (Å²) < 4.78 is 6.43. The number of aryl methyl sites for hydroxylation is 1. The number of urea groups is 1. The maximum absolute atomic E-state index is 12.9. The van der Waals surface area contributed by atoms with Gasteiger partial charge >= 0.3 is 6.03 Å². The molecule has 0 spiro atoms. The number of hydrogen-bond donors (Lipinski definition) is 3. The molecule has 0 aliphatic rings. The lowest BCUT2D eigenvalue weighted by molar-refractivity contribution is 0.102. The van der Waals surface area contributed by atoms with Gasteiger partial charge in [0.25, 0.3) is 11.5 Å². The molecule has 4 rings (SSSR count). The third-order valence-electron chi connectivity index (χ3n) is 4.79. The Kier molecular flexibility index (Phi) is 5.98. The fourth-order valence-corrected chi connectivity index (χ4v) is 3.20. The molecule has 0 aliphatic heterocycles. The molecule has 3 amide bonds. The first kappa shape index (κ1) is 20.9. The minimum absolute atomic E-state index is 0.168. The summed E-state index contributed by atoms with van der Waals surface area (Å²) in [5.74, 6) is 0.217. The van der Waals surface area contributed by atoms with Crippen LogP contribution < -0.4 is 21.5 Å². The van der Waals surface area contributed by atoms with E-state index in [4.69, 9.17) is 4.42 Å². The lowest BCUT2D eigenvalue weighted by atomic mass is 10.1. The van der Waals surface area contributed by atoms with Crippen LogP contribution in [0.4, 0.5) is 16.2 Å². The highest BCUT2D eigenvalue weighted by molar-refractivity contribution is 6.11. The Morgan fingerprint density at radius 3 is 2.28 bits per heavy atom. The molecule has 32 heavy (non-hydrogen) atoms. The quantitative estimate of drug-likeness (QED) is 0.431. The van der Waals surface area contributed by atoms with Crippen molar-refractivity contribution in [1.82, 2.24) is 15.1 Å². The Balaban J connectivity index is 1.45. The van der Waals surface area contributed by atoms with Crippen LogP contribution in [-0.4, -0.2) is 21.7 Å². The number of benzene rings is 2. The van der Waals surface area contributed by atoms with Gasteiger partial charge < -0.3 is 20.4 Å². The summed E-state index contributed by atoms with van der Waals surface area (Å²) in [5, 5.41) is 13.3. The summed E-state index contributed by atoms with van der Waals surface area (Å²) in [6, 6.07) is 16.7. The normalized spacial score (nSPS) is 10.7. The van der Waals surface area contributed by atoms with Crippen molar-refractivity contribution in [2.24, 2.45) is 0 Å². The summed E-state index contributed by atoms with van der Waals surface area (Å²) >= 11 is 0. The van der Waals surface area contributed by atoms with Gasteiger partial charge in [0.05, 0.1) is 18.2 Å². The van der Waals surface area contributed by atoms with E-state index in [0.29, 0.717) is 34.5 Å². The number of fused-ring (bicyclic) bond motifs is 1. The van der Waals surface area contributed by atoms with E-state index in [1.165, 1.54) is 10.9 Å². The Labute approximate surface area is 183 Å². The van der Waals surface area contributed by atoms with Gasteiger partial charge in [-0.3, -0.25) is 9.59 Å². The molecule has 0 saturated heterocycles. The highest BCUT2D eigenvalue weighted by Crippen LogP contribution is 2.17. The lowest BCUT2D eigenvalue weighted by Gasteiger charge is -2.11. The van der Waals surface area contributed by atoms with Crippen LogP contribution in [0.3, 0.4) is 0 Å². The van der Waals surface area contributed by atoms with Gasteiger partial charge in [-0.25, -0.2) is 9.48 Å². The number of anilines is 2. The van der Waals surface area contributed by atoms with Gasteiger partial charge in [-0.2, -0.15) is 5.10 Å². The maximum Gasteiger partial charge on any atom is 0.319 e. The number of aromatic nitrogens is 2. The van der Waals surface area contributed by atoms with Gasteiger partial charge in [0.1, 0.15) is 5.76 Å². The molecule has 0 radical (unpaired) electrons. The van der Waals surface area contributed by atoms with Crippen LogP contribution in [0.2, 0.25) is 0 Å². The molecule has 162 valence electrons. The van der Waals surface area contributed by atoms with Gasteiger partial charge in [0, 0.05) is 23.3 Å². The fraction of sp³-hybridized carbons (Fsp3) is 0.130. The van der Waals surface area contributed by atoms with Crippen LogP contribution >= 0.6 is 0 Å². The summed E-state index contributed by atoms with van der Waals surface area (Å²) in [6.07, 6.45) is 1.54. The standard InChI is InChI=1S/C23H21N5O4/c1-2-28-22(30)19-8-4-3-7-18(19)20(27-28)21(29)25-15-9-11-16(12-10-15)26-23(31)24-14-17-6-5-13-32-17/h3-13H,2,14H2,1H3,(H,25,29)(H2,24,26,31). The molecule has 0 aliphatic carbocycles. The third kappa shape index (κ3) is 4.51. The van der Waals surface area contributed by atoms with Crippen molar-refractivity contribution in [2.45, 2.75) is 20.0 Å². The zero-order valence-electron chi connectivity index (χ0n) is 17.3. The number of nitrogens with one attached hydrogen (secondary N) is 3. The minimum Gasteiger partial charge on any atom is -0.467 e. The van der Waals surface area contributed by atoms with E-state index in [9.17, 15) is 14.4 Å². The van der Waals surface area contributed by atoms with E-state index < -0.39 is 5.91 Å². The van der Waals surface area contributed by atoms with Gasteiger partial charge in [-0.1, -0.05) is 18.2 Å². The zero-order valence-corrected chi connectivity index (χ0v) is 17.3. The number of hydrogen-bond acceptors (Lipinski definition) is 5. The molecule has 0 fully saturated rings. The molecule has 9 heteroatoms. The molecular formula is C23H21N5O4. The second-order valence-corrected chi connectivity index (χ2v) is 6.93. The van der Waals surface area contributed by atoms with Gasteiger partial charge in [-0.15, -0.1) is 0 Å². The highest BCUT2D eigenvalue weighted by Gasteiger charge is 2.16. The molecule has 4 aromatic rings. The number of amides is 3. The summed E-state index contributed by atoms with van der Waals surface area (Å²) in [5.41, 5.74) is 1.02. The first-order valence-corrected chi connectivity index (χ1v) is 10.0. The van der Waals surface area contributed by atoms with Crippen molar-refractivity contribution in [2.75, 3.05) is 10.6 Å². The van der Waals surface area contributed by atoms with Crippen molar-refractivity contribution in [1.29, 1.82) is 0 Å². The molecule has 9 nitrogen and oxygen atoms in total.